The summed E-state index contributed by atoms with van der Waals surface area (Å²) in [4.78, 5) is 12.2. The number of nitriles is 1. The number of nitrogens with zero attached hydrogens (tertiary/aromatic N) is 4. The summed E-state index contributed by atoms with van der Waals surface area (Å²) in [5.74, 6) is 1.55. The molecule has 0 N–H and O–H groups in total. The molecule has 0 aliphatic carbocycles. The molecule has 2 aliphatic heterocycles. The molecule has 2 aromatic rings. The van der Waals surface area contributed by atoms with Crippen molar-refractivity contribution in [2.45, 2.75) is 32.4 Å². The van der Waals surface area contributed by atoms with Gasteiger partial charge in [0.1, 0.15) is 11.9 Å². The molecule has 2 unspecified atom stereocenters. The molecule has 2 atom stereocenters. The van der Waals surface area contributed by atoms with Crippen LogP contribution in [0, 0.1) is 24.2 Å². The average molecular weight is 373 g/mol. The van der Waals surface area contributed by atoms with E-state index >= 15 is 0 Å². The van der Waals surface area contributed by atoms with Gasteiger partial charge in [-0.05, 0) is 50.4 Å². The lowest BCUT2D eigenvalue weighted by Gasteiger charge is -2.39. The number of fused-ring (bicyclic) bond motifs is 1. The van der Waals surface area contributed by atoms with Crippen molar-refractivity contribution >= 4 is 28.8 Å². The Morgan fingerprint density at radius 3 is 2.92 bits per heavy atom. The topological polar surface area (TPSA) is 43.2 Å². The zero-order valence-electron chi connectivity index (χ0n) is 14.3. The summed E-state index contributed by atoms with van der Waals surface area (Å²) >= 11 is 8.31. The van der Waals surface area contributed by atoms with E-state index < -0.39 is 0 Å². The Morgan fingerprint density at radius 1 is 1.36 bits per heavy atom. The van der Waals surface area contributed by atoms with Crippen LogP contribution >= 0.6 is 22.9 Å². The predicted molar refractivity (Wildman–Crippen MR) is 102 cm³/mol. The van der Waals surface area contributed by atoms with E-state index in [2.05, 4.69) is 39.9 Å². The van der Waals surface area contributed by atoms with Crippen molar-refractivity contribution in [2.75, 3.05) is 24.5 Å². The Bertz CT molecular complexity index is 812. The summed E-state index contributed by atoms with van der Waals surface area (Å²) in [7, 11) is 0. The van der Waals surface area contributed by atoms with Gasteiger partial charge in [0.2, 0.25) is 0 Å². The van der Waals surface area contributed by atoms with Crippen LogP contribution in [0.2, 0.25) is 5.02 Å². The van der Waals surface area contributed by atoms with Gasteiger partial charge in [0.25, 0.3) is 0 Å². The maximum absolute atomic E-state index is 9.01. The van der Waals surface area contributed by atoms with Crippen molar-refractivity contribution in [3.63, 3.8) is 0 Å². The number of halogens is 1. The second-order valence-electron chi connectivity index (χ2n) is 6.99. The molecule has 0 saturated carbocycles. The average Bonchev–Trinajstić information content (AvgIpc) is 3.21. The summed E-state index contributed by atoms with van der Waals surface area (Å²) < 4.78 is 0. The van der Waals surface area contributed by atoms with Gasteiger partial charge in [-0.15, -0.1) is 11.3 Å². The Kier molecular flexibility index (Phi) is 4.68. The van der Waals surface area contributed by atoms with Gasteiger partial charge in [0.15, 0.2) is 0 Å². The van der Waals surface area contributed by atoms with Crippen LogP contribution in [-0.2, 0) is 6.54 Å². The van der Waals surface area contributed by atoms with E-state index in [0.29, 0.717) is 16.6 Å². The molecule has 2 saturated heterocycles. The highest BCUT2D eigenvalue weighted by Gasteiger charge is 2.39. The summed E-state index contributed by atoms with van der Waals surface area (Å²) in [6, 6.07) is 8.75. The monoisotopic (exact) mass is 372 g/mol. The van der Waals surface area contributed by atoms with E-state index in [9.17, 15) is 0 Å². The molecule has 4 rings (SSSR count). The van der Waals surface area contributed by atoms with E-state index in [1.807, 2.05) is 11.3 Å². The minimum Gasteiger partial charge on any atom is -0.351 e. The normalized spacial score (nSPS) is 23.5. The molecule has 0 amide bonds. The van der Waals surface area contributed by atoms with Gasteiger partial charge in [-0.2, -0.15) is 5.26 Å². The third-order valence-corrected chi connectivity index (χ3v) is 6.61. The molecule has 0 bridgehead atoms. The zero-order valence-corrected chi connectivity index (χ0v) is 15.9. The van der Waals surface area contributed by atoms with E-state index in [1.165, 1.54) is 29.1 Å². The number of aromatic nitrogens is 1. The van der Waals surface area contributed by atoms with Gasteiger partial charge in [0, 0.05) is 41.6 Å². The quantitative estimate of drug-likeness (QED) is 0.814. The Hall–Kier alpha value is -1.61. The van der Waals surface area contributed by atoms with Crippen LogP contribution in [0.1, 0.15) is 28.2 Å². The summed E-state index contributed by atoms with van der Waals surface area (Å²) in [6.45, 7) is 6.42. The second-order valence-corrected chi connectivity index (χ2v) is 8.77. The number of likely N-dealkylation sites (tertiary alicyclic amines) is 1. The summed E-state index contributed by atoms with van der Waals surface area (Å²) in [6.07, 6.45) is 4.07. The van der Waals surface area contributed by atoms with Crippen LogP contribution in [0.15, 0.2) is 24.4 Å². The van der Waals surface area contributed by atoms with Crippen LogP contribution in [0.3, 0.4) is 0 Å². The fourth-order valence-corrected chi connectivity index (χ4v) is 5.31. The first kappa shape index (κ1) is 16.8. The van der Waals surface area contributed by atoms with Gasteiger partial charge in [-0.1, -0.05) is 11.6 Å². The number of pyridine rings is 1. The molecule has 0 aromatic carbocycles. The highest BCUT2D eigenvalue weighted by atomic mass is 35.5. The van der Waals surface area contributed by atoms with Crippen LogP contribution < -0.4 is 4.90 Å². The van der Waals surface area contributed by atoms with E-state index in [1.54, 1.807) is 12.3 Å². The van der Waals surface area contributed by atoms with Gasteiger partial charge in [0.05, 0.1) is 10.6 Å². The fraction of sp³-hybridized carbons (Fsp3) is 0.474. The summed E-state index contributed by atoms with van der Waals surface area (Å²) in [5, 5.41) is 9.60. The second kappa shape index (κ2) is 6.95. The maximum Gasteiger partial charge on any atom is 0.147 e. The van der Waals surface area contributed by atoms with Crippen LogP contribution in [0.5, 0.6) is 0 Å². The smallest absolute Gasteiger partial charge is 0.147 e. The zero-order chi connectivity index (χ0) is 17.4. The molecule has 0 spiro atoms. The van der Waals surface area contributed by atoms with Gasteiger partial charge in [-0.3, -0.25) is 4.90 Å². The number of anilines is 1. The minimum absolute atomic E-state index is 0.466. The molecule has 2 fully saturated rings. The molecule has 2 aliphatic rings. The highest BCUT2D eigenvalue weighted by molar-refractivity contribution is 7.11. The van der Waals surface area contributed by atoms with Crippen molar-refractivity contribution in [3.05, 3.63) is 44.7 Å². The number of rotatable bonds is 3. The van der Waals surface area contributed by atoms with Crippen molar-refractivity contribution in [2.24, 2.45) is 5.92 Å². The first-order valence-corrected chi connectivity index (χ1v) is 9.93. The molecule has 6 heteroatoms. The molecule has 4 heterocycles. The Labute approximate surface area is 157 Å². The van der Waals surface area contributed by atoms with Gasteiger partial charge in [-0.25, -0.2) is 4.98 Å². The molecule has 0 radical (unpaired) electrons. The van der Waals surface area contributed by atoms with Crippen LogP contribution in [0.25, 0.3) is 0 Å². The van der Waals surface area contributed by atoms with E-state index in [4.69, 9.17) is 16.9 Å². The van der Waals surface area contributed by atoms with Gasteiger partial charge < -0.3 is 4.90 Å². The van der Waals surface area contributed by atoms with Crippen molar-refractivity contribution in [1.82, 2.24) is 9.88 Å². The SMILES string of the molecule is Cc1ccc(CN2CCC3CCN(c4ncc(C#N)cc4Cl)C3C2)s1. The lowest BCUT2D eigenvalue weighted by Crippen LogP contribution is -2.48. The maximum atomic E-state index is 9.01. The largest absolute Gasteiger partial charge is 0.351 e. The Morgan fingerprint density at radius 2 is 2.20 bits per heavy atom. The number of hydrogen-bond donors (Lipinski definition) is 0. The van der Waals surface area contributed by atoms with Crippen molar-refractivity contribution in [1.29, 1.82) is 5.26 Å². The Balaban J connectivity index is 1.51. The van der Waals surface area contributed by atoms with E-state index in [0.717, 1.165) is 31.4 Å². The third kappa shape index (κ3) is 3.39. The lowest BCUT2D eigenvalue weighted by atomic mass is 9.92. The van der Waals surface area contributed by atoms with Crippen molar-refractivity contribution in [3.8, 4) is 6.07 Å². The highest BCUT2D eigenvalue weighted by Crippen LogP contribution is 2.37. The lowest BCUT2D eigenvalue weighted by molar-refractivity contribution is 0.168. The minimum atomic E-state index is 0.466. The number of thiophene rings is 1. The van der Waals surface area contributed by atoms with Crippen molar-refractivity contribution < 1.29 is 0 Å². The number of hydrogen-bond acceptors (Lipinski definition) is 5. The van der Waals surface area contributed by atoms with Gasteiger partial charge >= 0.3 is 0 Å². The third-order valence-electron chi connectivity index (χ3n) is 5.35. The molecular weight excluding hydrogens is 352 g/mol. The molecule has 4 nitrogen and oxygen atoms in total. The number of aryl methyl sites for hydroxylation is 1. The first-order valence-electron chi connectivity index (χ1n) is 8.74. The molecular formula is C19H21ClN4S. The molecule has 130 valence electrons. The van der Waals surface area contributed by atoms with Crippen LogP contribution in [0.4, 0.5) is 5.82 Å². The fourth-order valence-electron chi connectivity index (χ4n) is 4.11. The predicted octanol–water partition coefficient (Wildman–Crippen LogP) is 4.08. The number of piperidine rings is 1. The van der Waals surface area contributed by atoms with E-state index in [-0.39, 0.29) is 0 Å². The van der Waals surface area contributed by atoms with Crippen LogP contribution in [-0.4, -0.2) is 35.6 Å². The first-order chi connectivity index (χ1) is 12.1. The molecule has 25 heavy (non-hydrogen) atoms. The molecule has 2 aromatic heterocycles. The summed E-state index contributed by atoms with van der Waals surface area (Å²) in [5.41, 5.74) is 0.517. The standard InChI is InChI=1S/C19H21ClN4S/c1-13-2-3-16(25-13)11-23-6-4-15-5-7-24(18(15)12-23)19-17(20)8-14(9-21)10-22-19/h2-3,8,10,15,18H,4-7,11-12H2,1H3.